The predicted molar refractivity (Wildman–Crippen MR) is 74.4 cm³/mol. The van der Waals surface area contributed by atoms with Crippen LogP contribution in [0.1, 0.15) is 22.6 Å². The third-order valence-corrected chi connectivity index (χ3v) is 3.78. The molecule has 0 spiro atoms. The second kappa shape index (κ2) is 4.70. The van der Waals surface area contributed by atoms with Crippen molar-refractivity contribution in [3.63, 3.8) is 0 Å². The van der Waals surface area contributed by atoms with Crippen molar-refractivity contribution < 1.29 is 14.6 Å². The first kappa shape index (κ1) is 12.2. The molecule has 0 unspecified atom stereocenters. The monoisotopic (exact) mass is 318 g/mol. The van der Waals surface area contributed by atoms with E-state index in [4.69, 9.17) is 4.74 Å². The number of ether oxygens (including phenoxy) is 1. The van der Waals surface area contributed by atoms with Gasteiger partial charge in [0, 0.05) is 10.0 Å². The fourth-order valence-electron chi connectivity index (χ4n) is 2.41. The summed E-state index contributed by atoms with van der Waals surface area (Å²) in [6, 6.07) is 13.0. The molecule has 0 amide bonds. The molecule has 1 aliphatic rings. The summed E-state index contributed by atoms with van der Waals surface area (Å²) in [4.78, 5) is 11.7. The highest BCUT2D eigenvalue weighted by Gasteiger charge is 2.30. The van der Waals surface area contributed by atoms with Crippen molar-refractivity contribution in [3.05, 3.63) is 63.6 Å². The molecule has 0 aliphatic carbocycles. The standard InChI is InChI=1S/C15H11BrO3/c16-10-5-6-12-13(7-10)19-8-9-3-1-2-4-11(9)14(12)15(17)18/h1-7,14H,8H2,(H,17,18)/t14-/m1/s1. The summed E-state index contributed by atoms with van der Waals surface area (Å²) in [7, 11) is 0. The van der Waals surface area contributed by atoms with Crippen LogP contribution in [0.3, 0.4) is 0 Å². The maximum atomic E-state index is 11.7. The maximum Gasteiger partial charge on any atom is 0.315 e. The number of carbonyl (C=O) groups is 1. The lowest BCUT2D eigenvalue weighted by Crippen LogP contribution is -2.13. The quantitative estimate of drug-likeness (QED) is 0.874. The van der Waals surface area contributed by atoms with Crippen LogP contribution in [0.2, 0.25) is 0 Å². The van der Waals surface area contributed by atoms with Gasteiger partial charge < -0.3 is 9.84 Å². The Balaban J connectivity index is 2.24. The molecule has 0 radical (unpaired) electrons. The van der Waals surface area contributed by atoms with E-state index in [-0.39, 0.29) is 0 Å². The van der Waals surface area contributed by atoms with Gasteiger partial charge in [-0.05, 0) is 23.3 Å². The molecule has 0 saturated heterocycles. The van der Waals surface area contributed by atoms with E-state index in [2.05, 4.69) is 15.9 Å². The average molecular weight is 319 g/mol. The van der Waals surface area contributed by atoms with Gasteiger partial charge in [0.05, 0.1) is 0 Å². The van der Waals surface area contributed by atoms with Gasteiger partial charge in [-0.3, -0.25) is 4.79 Å². The van der Waals surface area contributed by atoms with Crippen LogP contribution in [0.15, 0.2) is 46.9 Å². The minimum atomic E-state index is -0.860. The van der Waals surface area contributed by atoms with Gasteiger partial charge in [-0.1, -0.05) is 46.3 Å². The van der Waals surface area contributed by atoms with E-state index in [1.54, 1.807) is 6.07 Å². The largest absolute Gasteiger partial charge is 0.489 e. The number of hydrogen-bond donors (Lipinski definition) is 1. The van der Waals surface area contributed by atoms with Gasteiger partial charge in [-0.25, -0.2) is 0 Å². The molecule has 19 heavy (non-hydrogen) atoms. The molecule has 1 heterocycles. The van der Waals surface area contributed by atoms with Gasteiger partial charge in [0.2, 0.25) is 0 Å². The molecule has 3 rings (SSSR count). The highest BCUT2D eigenvalue weighted by Crippen LogP contribution is 2.38. The number of carboxylic acid groups (broad SMARTS) is 1. The molecule has 96 valence electrons. The third kappa shape index (κ3) is 2.12. The van der Waals surface area contributed by atoms with Crippen LogP contribution >= 0.6 is 15.9 Å². The van der Waals surface area contributed by atoms with Crippen LogP contribution in [0.25, 0.3) is 0 Å². The minimum absolute atomic E-state index is 0.392. The summed E-state index contributed by atoms with van der Waals surface area (Å²) < 4.78 is 6.62. The van der Waals surface area contributed by atoms with Gasteiger partial charge in [0.15, 0.2) is 0 Å². The summed E-state index contributed by atoms with van der Waals surface area (Å²) in [5, 5.41) is 9.56. The van der Waals surface area contributed by atoms with Crippen molar-refractivity contribution >= 4 is 21.9 Å². The topological polar surface area (TPSA) is 46.5 Å². The first-order valence-electron chi connectivity index (χ1n) is 5.89. The zero-order valence-electron chi connectivity index (χ0n) is 9.97. The molecule has 3 nitrogen and oxygen atoms in total. The lowest BCUT2D eigenvalue weighted by Gasteiger charge is -2.14. The van der Waals surface area contributed by atoms with Crippen LogP contribution in [-0.4, -0.2) is 11.1 Å². The van der Waals surface area contributed by atoms with Crippen LogP contribution < -0.4 is 4.74 Å². The molecule has 1 aliphatic heterocycles. The molecule has 0 saturated carbocycles. The molecule has 1 N–H and O–H groups in total. The fourth-order valence-corrected chi connectivity index (χ4v) is 2.75. The normalized spacial score (nSPS) is 16.8. The Labute approximate surface area is 119 Å². The van der Waals surface area contributed by atoms with Gasteiger partial charge in [-0.2, -0.15) is 0 Å². The van der Waals surface area contributed by atoms with Crippen molar-refractivity contribution in [2.75, 3.05) is 0 Å². The van der Waals surface area contributed by atoms with Crippen LogP contribution in [0.5, 0.6) is 5.75 Å². The first-order chi connectivity index (χ1) is 9.16. The lowest BCUT2D eigenvalue weighted by atomic mass is 9.88. The summed E-state index contributed by atoms with van der Waals surface area (Å²) >= 11 is 3.38. The summed E-state index contributed by atoms with van der Waals surface area (Å²) in [6.07, 6.45) is 0. The van der Waals surface area contributed by atoms with Crippen LogP contribution in [-0.2, 0) is 11.4 Å². The highest BCUT2D eigenvalue weighted by molar-refractivity contribution is 9.10. The number of aliphatic carboxylic acids is 1. The number of fused-ring (bicyclic) bond motifs is 2. The van der Waals surface area contributed by atoms with Crippen molar-refractivity contribution in [2.24, 2.45) is 0 Å². The summed E-state index contributed by atoms with van der Waals surface area (Å²) in [5.74, 6) is -0.915. The van der Waals surface area contributed by atoms with Crippen LogP contribution in [0.4, 0.5) is 0 Å². The fraction of sp³-hybridized carbons (Fsp3) is 0.133. The van der Waals surface area contributed by atoms with E-state index in [1.165, 1.54) is 0 Å². The first-order valence-corrected chi connectivity index (χ1v) is 6.69. The highest BCUT2D eigenvalue weighted by atomic mass is 79.9. The van der Waals surface area contributed by atoms with E-state index in [0.29, 0.717) is 17.9 Å². The van der Waals surface area contributed by atoms with Gasteiger partial charge >= 0.3 is 5.97 Å². The molecule has 2 aromatic rings. The number of benzene rings is 2. The summed E-state index contributed by atoms with van der Waals surface area (Å²) in [6.45, 7) is 0.392. The number of hydrogen-bond acceptors (Lipinski definition) is 2. The predicted octanol–water partition coefficient (Wildman–Crippen LogP) is 3.56. The van der Waals surface area contributed by atoms with Crippen molar-refractivity contribution in [1.82, 2.24) is 0 Å². The van der Waals surface area contributed by atoms with Crippen molar-refractivity contribution in [3.8, 4) is 5.75 Å². The number of halogens is 1. The molecule has 2 aromatic carbocycles. The zero-order valence-corrected chi connectivity index (χ0v) is 11.6. The SMILES string of the molecule is O=C(O)[C@@H]1c2ccccc2COc2cc(Br)ccc21. The van der Waals surface area contributed by atoms with E-state index in [9.17, 15) is 9.90 Å². The summed E-state index contributed by atoms with van der Waals surface area (Å²) in [5.41, 5.74) is 2.42. The minimum Gasteiger partial charge on any atom is -0.489 e. The molecular formula is C15H11BrO3. The van der Waals surface area contributed by atoms with E-state index < -0.39 is 11.9 Å². The van der Waals surface area contributed by atoms with Gasteiger partial charge in [0.1, 0.15) is 18.3 Å². The maximum absolute atomic E-state index is 11.7. The smallest absolute Gasteiger partial charge is 0.315 e. The Kier molecular flexibility index (Phi) is 3.03. The molecular weight excluding hydrogens is 308 g/mol. The average Bonchev–Trinajstić information content (AvgIpc) is 2.55. The van der Waals surface area contributed by atoms with Gasteiger partial charge in [-0.15, -0.1) is 0 Å². The number of rotatable bonds is 1. The lowest BCUT2D eigenvalue weighted by molar-refractivity contribution is -0.137. The molecule has 0 aromatic heterocycles. The van der Waals surface area contributed by atoms with Crippen molar-refractivity contribution in [2.45, 2.75) is 12.5 Å². The Bertz CT molecular complexity index is 652. The van der Waals surface area contributed by atoms with Crippen LogP contribution in [0, 0.1) is 0 Å². The van der Waals surface area contributed by atoms with Crippen molar-refractivity contribution in [1.29, 1.82) is 0 Å². The Morgan fingerprint density at radius 1 is 1.21 bits per heavy atom. The third-order valence-electron chi connectivity index (χ3n) is 3.28. The Morgan fingerprint density at radius 3 is 2.79 bits per heavy atom. The number of carboxylic acids is 1. The zero-order chi connectivity index (χ0) is 13.4. The molecule has 1 atom stereocenters. The second-order valence-electron chi connectivity index (χ2n) is 4.44. The molecule has 0 fully saturated rings. The Morgan fingerprint density at radius 2 is 2.00 bits per heavy atom. The second-order valence-corrected chi connectivity index (χ2v) is 5.36. The van der Waals surface area contributed by atoms with E-state index in [1.807, 2.05) is 36.4 Å². The van der Waals surface area contributed by atoms with Gasteiger partial charge in [0.25, 0.3) is 0 Å². The van der Waals surface area contributed by atoms with E-state index in [0.717, 1.165) is 15.6 Å². The Hall–Kier alpha value is -1.81. The molecule has 0 bridgehead atoms. The van der Waals surface area contributed by atoms with E-state index >= 15 is 0 Å². The molecule has 4 heteroatoms.